The van der Waals surface area contributed by atoms with Crippen molar-refractivity contribution in [3.63, 3.8) is 0 Å². The van der Waals surface area contributed by atoms with Gasteiger partial charge in [-0.15, -0.1) is 24.8 Å². The summed E-state index contributed by atoms with van der Waals surface area (Å²) in [5, 5.41) is 3.03. The number of aromatic nitrogens is 2. The van der Waals surface area contributed by atoms with E-state index in [9.17, 15) is 4.79 Å². The molecule has 0 aliphatic carbocycles. The van der Waals surface area contributed by atoms with Gasteiger partial charge < -0.3 is 16.0 Å². The van der Waals surface area contributed by atoms with Gasteiger partial charge in [-0.05, 0) is 40.5 Å². The molecule has 0 bridgehead atoms. The molecule has 0 aromatic carbocycles. The van der Waals surface area contributed by atoms with Crippen LogP contribution in [0, 0.1) is 13.8 Å². The van der Waals surface area contributed by atoms with Gasteiger partial charge >= 0.3 is 0 Å². The highest BCUT2D eigenvalue weighted by molar-refractivity contribution is 5.86. The van der Waals surface area contributed by atoms with Crippen LogP contribution in [0.25, 0.3) is 0 Å². The van der Waals surface area contributed by atoms with E-state index < -0.39 is 5.54 Å². The highest BCUT2D eigenvalue weighted by Gasteiger charge is 2.27. The van der Waals surface area contributed by atoms with Gasteiger partial charge in [0.15, 0.2) is 0 Å². The predicted octanol–water partition coefficient (Wildman–Crippen LogP) is 1.76. The number of carbonyl (C=O) groups is 1. The van der Waals surface area contributed by atoms with Crippen molar-refractivity contribution < 1.29 is 4.79 Å². The number of nitrogens with two attached hydrogens (primary N) is 1. The molecular weight excluding hydrogens is 337 g/mol. The van der Waals surface area contributed by atoms with E-state index in [1.807, 2.05) is 19.9 Å². The van der Waals surface area contributed by atoms with Crippen LogP contribution in [-0.4, -0.2) is 40.5 Å². The molecule has 0 saturated carbocycles. The van der Waals surface area contributed by atoms with E-state index >= 15 is 0 Å². The van der Waals surface area contributed by atoms with Crippen molar-refractivity contribution in [1.82, 2.24) is 15.3 Å². The van der Waals surface area contributed by atoms with Gasteiger partial charge in [0.1, 0.15) is 11.6 Å². The molecule has 1 aromatic rings. The summed E-state index contributed by atoms with van der Waals surface area (Å²) in [4.78, 5) is 22.9. The molecule has 23 heavy (non-hydrogen) atoms. The zero-order chi connectivity index (χ0) is 15.6. The quantitative estimate of drug-likeness (QED) is 0.854. The molecule has 1 aliphatic heterocycles. The van der Waals surface area contributed by atoms with Crippen LogP contribution in [0.1, 0.15) is 38.2 Å². The highest BCUT2D eigenvalue weighted by atomic mass is 35.5. The van der Waals surface area contributed by atoms with Crippen molar-refractivity contribution in [3.05, 3.63) is 17.6 Å². The number of amides is 1. The summed E-state index contributed by atoms with van der Waals surface area (Å²) in [5.74, 6) is 1.68. The van der Waals surface area contributed by atoms with Crippen LogP contribution >= 0.6 is 24.8 Å². The zero-order valence-electron chi connectivity index (χ0n) is 14.1. The summed E-state index contributed by atoms with van der Waals surface area (Å²) >= 11 is 0. The van der Waals surface area contributed by atoms with Gasteiger partial charge in [0, 0.05) is 30.9 Å². The maximum absolute atomic E-state index is 11.9. The largest absolute Gasteiger partial charge is 0.356 e. The topological polar surface area (TPSA) is 84.1 Å². The lowest BCUT2D eigenvalue weighted by atomic mass is 10.0. The van der Waals surface area contributed by atoms with E-state index in [4.69, 9.17) is 5.73 Å². The van der Waals surface area contributed by atoms with E-state index in [1.54, 1.807) is 13.8 Å². The minimum atomic E-state index is -0.821. The Kier molecular flexibility index (Phi) is 8.24. The first-order chi connectivity index (χ1) is 9.75. The smallest absolute Gasteiger partial charge is 0.239 e. The number of halogens is 2. The molecule has 0 unspecified atom stereocenters. The fourth-order valence-electron chi connectivity index (χ4n) is 2.48. The van der Waals surface area contributed by atoms with Crippen molar-refractivity contribution in [1.29, 1.82) is 0 Å². The lowest BCUT2D eigenvalue weighted by Gasteiger charge is -2.34. The van der Waals surface area contributed by atoms with E-state index in [2.05, 4.69) is 20.2 Å². The SMILES string of the molecule is Cc1cc(N2CCC(NC(=O)C(C)(C)N)CC2)nc(C)n1.Cl.Cl. The Labute approximate surface area is 150 Å². The molecule has 3 N–H and O–H groups in total. The summed E-state index contributed by atoms with van der Waals surface area (Å²) < 4.78 is 0. The zero-order valence-corrected chi connectivity index (χ0v) is 15.8. The molecule has 2 rings (SSSR count). The summed E-state index contributed by atoms with van der Waals surface area (Å²) in [7, 11) is 0. The number of nitrogens with one attached hydrogen (secondary N) is 1. The van der Waals surface area contributed by atoms with Crippen LogP contribution in [0.5, 0.6) is 0 Å². The monoisotopic (exact) mass is 363 g/mol. The maximum Gasteiger partial charge on any atom is 0.239 e. The minimum Gasteiger partial charge on any atom is -0.356 e. The Morgan fingerprint density at radius 3 is 2.30 bits per heavy atom. The molecule has 1 fully saturated rings. The first-order valence-corrected chi connectivity index (χ1v) is 7.43. The highest BCUT2D eigenvalue weighted by Crippen LogP contribution is 2.19. The van der Waals surface area contributed by atoms with Crippen LogP contribution < -0.4 is 16.0 Å². The Balaban J connectivity index is 0.00000242. The number of piperidine rings is 1. The molecule has 8 heteroatoms. The number of hydrogen-bond acceptors (Lipinski definition) is 5. The molecule has 2 heterocycles. The normalized spacial score (nSPS) is 15.4. The average molecular weight is 364 g/mol. The van der Waals surface area contributed by atoms with Crippen LogP contribution in [0.3, 0.4) is 0 Å². The fraction of sp³-hybridized carbons (Fsp3) is 0.667. The molecular formula is C15H27Cl2N5O. The molecule has 0 spiro atoms. The number of hydrogen-bond donors (Lipinski definition) is 2. The summed E-state index contributed by atoms with van der Waals surface area (Å²) in [6.07, 6.45) is 1.81. The van der Waals surface area contributed by atoms with E-state index in [1.165, 1.54) is 0 Å². The van der Waals surface area contributed by atoms with Gasteiger partial charge in [0.25, 0.3) is 0 Å². The van der Waals surface area contributed by atoms with Gasteiger partial charge in [0.05, 0.1) is 5.54 Å². The Morgan fingerprint density at radius 2 is 1.83 bits per heavy atom. The number of rotatable bonds is 3. The number of anilines is 1. The fourth-order valence-corrected chi connectivity index (χ4v) is 2.48. The van der Waals surface area contributed by atoms with Crippen LogP contribution in [0.2, 0.25) is 0 Å². The second-order valence-electron chi connectivity index (χ2n) is 6.37. The molecule has 1 aliphatic rings. The molecule has 1 aromatic heterocycles. The molecule has 6 nitrogen and oxygen atoms in total. The Bertz CT molecular complexity index is 505. The molecule has 1 saturated heterocycles. The second-order valence-corrected chi connectivity index (χ2v) is 6.37. The van der Waals surface area contributed by atoms with Crippen LogP contribution in [-0.2, 0) is 4.79 Å². The van der Waals surface area contributed by atoms with Gasteiger partial charge in [-0.2, -0.15) is 0 Å². The third kappa shape index (κ3) is 6.12. The second kappa shape index (κ2) is 8.66. The Hall–Kier alpha value is -1.11. The predicted molar refractivity (Wildman–Crippen MR) is 97.6 cm³/mol. The third-order valence-corrected chi connectivity index (χ3v) is 3.69. The van der Waals surface area contributed by atoms with Crippen LogP contribution in [0.15, 0.2) is 6.07 Å². The number of nitrogens with zero attached hydrogens (tertiary/aromatic N) is 3. The van der Waals surface area contributed by atoms with Gasteiger partial charge in [0.2, 0.25) is 5.91 Å². The first-order valence-electron chi connectivity index (χ1n) is 7.43. The van der Waals surface area contributed by atoms with E-state index in [-0.39, 0.29) is 36.8 Å². The van der Waals surface area contributed by atoms with Crippen molar-refractivity contribution in [2.75, 3.05) is 18.0 Å². The van der Waals surface area contributed by atoms with Crippen molar-refractivity contribution >= 4 is 36.5 Å². The lowest BCUT2D eigenvalue weighted by Crippen LogP contribution is -2.54. The van der Waals surface area contributed by atoms with Gasteiger partial charge in [-0.25, -0.2) is 9.97 Å². The van der Waals surface area contributed by atoms with Crippen LogP contribution in [0.4, 0.5) is 5.82 Å². The first kappa shape index (κ1) is 21.9. The molecule has 132 valence electrons. The summed E-state index contributed by atoms with van der Waals surface area (Å²) in [6, 6.07) is 2.20. The molecule has 1 amide bonds. The van der Waals surface area contributed by atoms with Crippen molar-refractivity contribution in [2.45, 2.75) is 52.1 Å². The average Bonchev–Trinajstić information content (AvgIpc) is 2.37. The van der Waals surface area contributed by atoms with Crippen molar-refractivity contribution in [2.24, 2.45) is 5.73 Å². The number of aryl methyl sites for hydroxylation is 2. The minimum absolute atomic E-state index is 0. The third-order valence-electron chi connectivity index (χ3n) is 3.69. The van der Waals surface area contributed by atoms with Crippen molar-refractivity contribution in [3.8, 4) is 0 Å². The summed E-state index contributed by atoms with van der Waals surface area (Å²) in [5.41, 5.74) is 5.97. The number of carbonyl (C=O) groups excluding carboxylic acids is 1. The summed E-state index contributed by atoms with van der Waals surface area (Å²) in [6.45, 7) is 9.10. The van der Waals surface area contributed by atoms with E-state index in [0.717, 1.165) is 43.3 Å². The van der Waals surface area contributed by atoms with Gasteiger partial charge in [-0.1, -0.05) is 0 Å². The standard InChI is InChI=1S/C15H25N5O.2ClH/c1-10-9-13(18-11(2)17-10)20-7-5-12(6-8-20)19-14(21)15(3,4)16;;/h9,12H,5-8,16H2,1-4H3,(H,19,21);2*1H. The van der Waals surface area contributed by atoms with E-state index in [0.29, 0.717) is 0 Å². The Morgan fingerprint density at radius 1 is 1.26 bits per heavy atom. The molecule has 0 radical (unpaired) electrons. The molecule has 0 atom stereocenters. The maximum atomic E-state index is 11.9. The lowest BCUT2D eigenvalue weighted by molar-refractivity contribution is -0.126. The van der Waals surface area contributed by atoms with Gasteiger partial charge in [-0.3, -0.25) is 4.79 Å².